The normalized spacial score (nSPS) is 16.6. The van der Waals surface area contributed by atoms with Crippen molar-refractivity contribution in [1.29, 1.82) is 0 Å². The molecule has 0 radical (unpaired) electrons. The number of anilines is 1. The van der Waals surface area contributed by atoms with E-state index in [4.69, 9.17) is 9.47 Å². The Hall–Kier alpha value is -2.74. The zero-order chi connectivity index (χ0) is 21.9. The fourth-order valence-electron chi connectivity index (χ4n) is 3.63. The van der Waals surface area contributed by atoms with E-state index in [1.54, 1.807) is 19.1 Å². The van der Waals surface area contributed by atoms with E-state index in [9.17, 15) is 13.2 Å². The number of nitrogens with one attached hydrogen (secondary N) is 1. The maximum atomic E-state index is 13.0. The van der Waals surface area contributed by atoms with E-state index >= 15 is 0 Å². The van der Waals surface area contributed by atoms with Gasteiger partial charge in [-0.3, -0.25) is 9.10 Å². The molecule has 8 heteroatoms. The van der Waals surface area contributed by atoms with Crippen LogP contribution in [0.4, 0.5) is 5.69 Å². The number of ether oxygens (including phenoxy) is 2. The first-order valence-electron chi connectivity index (χ1n) is 9.93. The molecule has 1 heterocycles. The standard InChI is InChI=1S/C22H28N2O5S/c1-5-19(24(30(4,26)27)17-11-15(2)10-16(3)12-17)22(25)23-13-18-14-28-20-8-6-7-9-21(20)29-18/h6-12,18-19H,5,13-14H2,1-4H3,(H,23,25)/t18-,19-/m1/s1. The number of sulfonamides is 1. The summed E-state index contributed by atoms with van der Waals surface area (Å²) in [4.78, 5) is 13.0. The van der Waals surface area contributed by atoms with Crippen LogP contribution in [0.5, 0.6) is 11.5 Å². The molecule has 0 bridgehead atoms. The second-order valence-electron chi connectivity index (χ2n) is 7.57. The van der Waals surface area contributed by atoms with Crippen molar-refractivity contribution in [2.45, 2.75) is 39.3 Å². The van der Waals surface area contributed by atoms with Gasteiger partial charge in [-0.25, -0.2) is 8.42 Å². The average Bonchev–Trinajstić information content (AvgIpc) is 2.68. The summed E-state index contributed by atoms with van der Waals surface area (Å²) in [5.41, 5.74) is 2.35. The number of benzene rings is 2. The lowest BCUT2D eigenvalue weighted by atomic mass is 10.1. The van der Waals surface area contributed by atoms with Gasteiger partial charge in [-0.05, 0) is 55.7 Å². The predicted octanol–water partition coefficient (Wildman–Crippen LogP) is 2.80. The van der Waals surface area contributed by atoms with Crippen LogP contribution >= 0.6 is 0 Å². The van der Waals surface area contributed by atoms with E-state index < -0.39 is 16.1 Å². The first-order valence-corrected chi connectivity index (χ1v) is 11.8. The van der Waals surface area contributed by atoms with Gasteiger partial charge in [-0.2, -0.15) is 0 Å². The number of hydrogen-bond acceptors (Lipinski definition) is 5. The molecule has 2 atom stereocenters. The number of fused-ring (bicyclic) bond motifs is 1. The van der Waals surface area contributed by atoms with Crippen molar-refractivity contribution >= 4 is 21.6 Å². The van der Waals surface area contributed by atoms with Crippen LogP contribution in [-0.4, -0.2) is 45.9 Å². The summed E-state index contributed by atoms with van der Waals surface area (Å²) in [6, 6.07) is 12.0. The first-order chi connectivity index (χ1) is 14.2. The smallest absolute Gasteiger partial charge is 0.244 e. The molecule has 0 fully saturated rings. The second-order valence-corrected chi connectivity index (χ2v) is 9.43. The van der Waals surface area contributed by atoms with E-state index in [2.05, 4.69) is 5.32 Å². The van der Waals surface area contributed by atoms with Crippen LogP contribution in [0.3, 0.4) is 0 Å². The van der Waals surface area contributed by atoms with Gasteiger partial charge >= 0.3 is 0 Å². The van der Waals surface area contributed by atoms with Gasteiger partial charge in [-0.15, -0.1) is 0 Å². The molecule has 30 heavy (non-hydrogen) atoms. The van der Waals surface area contributed by atoms with E-state index in [0.29, 0.717) is 30.2 Å². The highest BCUT2D eigenvalue weighted by Gasteiger charge is 2.32. The van der Waals surface area contributed by atoms with Gasteiger partial charge in [0.1, 0.15) is 18.8 Å². The molecule has 1 N–H and O–H groups in total. The van der Waals surface area contributed by atoms with Gasteiger partial charge in [0.15, 0.2) is 11.5 Å². The Morgan fingerprint density at radius 2 is 1.80 bits per heavy atom. The number of amides is 1. The Morgan fingerprint density at radius 1 is 1.17 bits per heavy atom. The van der Waals surface area contributed by atoms with Crippen molar-refractivity contribution < 1.29 is 22.7 Å². The van der Waals surface area contributed by atoms with E-state index in [1.807, 2.05) is 44.2 Å². The third-order valence-corrected chi connectivity index (χ3v) is 6.04. The molecule has 0 saturated carbocycles. The summed E-state index contributed by atoms with van der Waals surface area (Å²) in [7, 11) is -3.67. The van der Waals surface area contributed by atoms with Crippen LogP contribution in [0.2, 0.25) is 0 Å². The van der Waals surface area contributed by atoms with Crippen molar-refractivity contribution in [1.82, 2.24) is 5.32 Å². The van der Waals surface area contributed by atoms with E-state index in [0.717, 1.165) is 17.4 Å². The lowest BCUT2D eigenvalue weighted by molar-refractivity contribution is -0.122. The molecule has 7 nitrogen and oxygen atoms in total. The fraction of sp³-hybridized carbons (Fsp3) is 0.409. The number of hydrogen-bond donors (Lipinski definition) is 1. The number of carbonyl (C=O) groups excluding carboxylic acids is 1. The molecule has 1 amide bonds. The summed E-state index contributed by atoms with van der Waals surface area (Å²) in [6.07, 6.45) is 1.10. The molecule has 1 aliphatic heterocycles. The minimum atomic E-state index is -3.67. The van der Waals surface area contributed by atoms with Crippen molar-refractivity contribution in [3.8, 4) is 11.5 Å². The third kappa shape index (κ3) is 5.05. The highest BCUT2D eigenvalue weighted by Crippen LogP contribution is 2.30. The molecule has 0 saturated heterocycles. The Bertz CT molecular complexity index is 1000. The monoisotopic (exact) mass is 432 g/mol. The Labute approximate surface area is 178 Å². The number of aryl methyl sites for hydroxylation is 2. The Kier molecular flexibility index (Phi) is 6.55. The molecule has 2 aromatic rings. The summed E-state index contributed by atoms with van der Waals surface area (Å²) < 4.78 is 37.9. The largest absolute Gasteiger partial charge is 0.486 e. The van der Waals surface area contributed by atoms with Gasteiger partial charge in [-0.1, -0.05) is 25.1 Å². The number of nitrogens with zero attached hydrogens (tertiary/aromatic N) is 1. The minimum absolute atomic E-state index is 0.216. The van der Waals surface area contributed by atoms with Crippen molar-refractivity contribution in [3.63, 3.8) is 0 Å². The van der Waals surface area contributed by atoms with Crippen molar-refractivity contribution in [2.24, 2.45) is 0 Å². The third-order valence-electron chi connectivity index (χ3n) is 4.86. The Morgan fingerprint density at radius 3 is 2.40 bits per heavy atom. The van der Waals surface area contributed by atoms with Crippen LogP contribution < -0.4 is 19.1 Å². The summed E-state index contributed by atoms with van der Waals surface area (Å²) in [5, 5.41) is 2.84. The highest BCUT2D eigenvalue weighted by molar-refractivity contribution is 7.92. The van der Waals surface area contributed by atoms with E-state index in [1.165, 1.54) is 4.31 Å². The number of carbonyl (C=O) groups is 1. The molecule has 0 unspecified atom stereocenters. The molecule has 2 aromatic carbocycles. The molecule has 0 aromatic heterocycles. The molecule has 3 rings (SSSR count). The van der Waals surface area contributed by atoms with Crippen LogP contribution in [-0.2, 0) is 14.8 Å². The summed E-state index contributed by atoms with van der Waals surface area (Å²) in [6.45, 7) is 6.11. The zero-order valence-corrected chi connectivity index (χ0v) is 18.5. The minimum Gasteiger partial charge on any atom is -0.486 e. The quantitative estimate of drug-likeness (QED) is 0.727. The zero-order valence-electron chi connectivity index (χ0n) is 17.7. The molecule has 0 spiro atoms. The SMILES string of the molecule is CC[C@H](C(=O)NC[C@@H]1COc2ccccc2O1)N(c1cc(C)cc(C)c1)S(C)(=O)=O. The van der Waals surface area contributed by atoms with Crippen LogP contribution in [0.25, 0.3) is 0 Å². The topological polar surface area (TPSA) is 84.9 Å². The average molecular weight is 433 g/mol. The molecule has 0 aliphatic carbocycles. The summed E-state index contributed by atoms with van der Waals surface area (Å²) >= 11 is 0. The molecular formula is C22H28N2O5S. The lowest BCUT2D eigenvalue weighted by Gasteiger charge is -2.31. The fourth-order valence-corrected chi connectivity index (χ4v) is 4.83. The summed E-state index contributed by atoms with van der Waals surface area (Å²) in [5.74, 6) is 0.928. The maximum Gasteiger partial charge on any atom is 0.244 e. The Balaban J connectivity index is 1.75. The van der Waals surface area contributed by atoms with E-state index in [-0.39, 0.29) is 18.6 Å². The second kappa shape index (κ2) is 8.95. The predicted molar refractivity (Wildman–Crippen MR) is 117 cm³/mol. The van der Waals surface area contributed by atoms with Crippen molar-refractivity contribution in [2.75, 3.05) is 23.7 Å². The van der Waals surface area contributed by atoms with Gasteiger partial charge < -0.3 is 14.8 Å². The van der Waals surface area contributed by atoms with Crippen LogP contribution in [0.1, 0.15) is 24.5 Å². The number of para-hydroxylation sites is 2. The van der Waals surface area contributed by atoms with Gasteiger partial charge in [0, 0.05) is 0 Å². The van der Waals surface area contributed by atoms with Crippen molar-refractivity contribution in [3.05, 3.63) is 53.6 Å². The first kappa shape index (κ1) is 22.0. The molecular weight excluding hydrogens is 404 g/mol. The maximum absolute atomic E-state index is 13.0. The van der Waals surface area contributed by atoms with Gasteiger partial charge in [0.25, 0.3) is 0 Å². The van der Waals surface area contributed by atoms with Crippen LogP contribution in [0.15, 0.2) is 42.5 Å². The van der Waals surface area contributed by atoms with Gasteiger partial charge in [0.2, 0.25) is 15.9 Å². The lowest BCUT2D eigenvalue weighted by Crippen LogP contribution is -2.51. The number of rotatable bonds is 7. The van der Waals surface area contributed by atoms with Gasteiger partial charge in [0.05, 0.1) is 18.5 Å². The van der Waals surface area contributed by atoms with Crippen LogP contribution in [0, 0.1) is 13.8 Å². The highest BCUT2D eigenvalue weighted by atomic mass is 32.2. The molecule has 1 aliphatic rings. The molecule has 162 valence electrons.